The fourth-order valence-corrected chi connectivity index (χ4v) is 1.75. The van der Waals surface area contributed by atoms with E-state index in [2.05, 4.69) is 0 Å². The Morgan fingerprint density at radius 3 is 2.33 bits per heavy atom. The van der Waals surface area contributed by atoms with Crippen molar-refractivity contribution >= 4 is 29.1 Å². The molecule has 0 aliphatic carbocycles. The van der Waals surface area contributed by atoms with Gasteiger partial charge in [-0.15, -0.1) is 0 Å². The molecule has 92 valence electrons. The third-order valence-corrected chi connectivity index (χ3v) is 2.66. The molecule has 0 atom stereocenters. The van der Waals surface area contributed by atoms with E-state index in [0.29, 0.717) is 11.4 Å². The summed E-state index contributed by atoms with van der Waals surface area (Å²) in [6.45, 7) is 0. The van der Waals surface area contributed by atoms with Crippen LogP contribution in [0.5, 0.6) is 0 Å². The van der Waals surface area contributed by atoms with Gasteiger partial charge in [0.05, 0.1) is 16.4 Å². The highest BCUT2D eigenvalue weighted by molar-refractivity contribution is 6.31. The summed E-state index contributed by atoms with van der Waals surface area (Å²) in [7, 11) is 0. The molecule has 0 aromatic heterocycles. The van der Waals surface area contributed by atoms with Crippen molar-refractivity contribution in [1.82, 2.24) is 0 Å². The van der Waals surface area contributed by atoms with Crippen LogP contribution in [0.25, 0.3) is 0 Å². The zero-order valence-corrected chi connectivity index (χ0v) is 9.93. The Bertz CT molecular complexity index is 574. The number of rotatable bonds is 2. The summed E-state index contributed by atoms with van der Waals surface area (Å²) in [5.41, 5.74) is 0.757. The standard InChI is InChI=1S/C13H9ClFNO2/c14-11-8-10(6-7-12(11)15)16(13(17)18)9-4-2-1-3-5-9/h1-8H,(H,17,18). The summed E-state index contributed by atoms with van der Waals surface area (Å²) in [4.78, 5) is 12.3. The number of anilines is 2. The molecule has 0 bridgehead atoms. The molecule has 18 heavy (non-hydrogen) atoms. The van der Waals surface area contributed by atoms with Crippen molar-refractivity contribution in [2.24, 2.45) is 0 Å². The first-order valence-corrected chi connectivity index (χ1v) is 5.50. The number of nitrogens with zero attached hydrogens (tertiary/aromatic N) is 1. The van der Waals surface area contributed by atoms with E-state index in [4.69, 9.17) is 11.6 Å². The topological polar surface area (TPSA) is 40.5 Å². The molecule has 2 aromatic rings. The maximum atomic E-state index is 13.1. The third-order valence-electron chi connectivity index (χ3n) is 2.37. The van der Waals surface area contributed by atoms with Gasteiger partial charge in [-0.1, -0.05) is 29.8 Å². The summed E-state index contributed by atoms with van der Waals surface area (Å²) < 4.78 is 13.1. The van der Waals surface area contributed by atoms with Crippen molar-refractivity contribution in [2.75, 3.05) is 4.90 Å². The van der Waals surface area contributed by atoms with Crippen LogP contribution in [0.2, 0.25) is 5.02 Å². The average Bonchev–Trinajstić information content (AvgIpc) is 2.35. The summed E-state index contributed by atoms with van der Waals surface area (Å²) in [6.07, 6.45) is -1.16. The van der Waals surface area contributed by atoms with Crippen LogP contribution in [0.15, 0.2) is 48.5 Å². The third kappa shape index (κ3) is 2.43. The number of carboxylic acid groups (broad SMARTS) is 1. The van der Waals surface area contributed by atoms with E-state index in [0.717, 1.165) is 11.0 Å². The molecule has 1 amide bonds. The van der Waals surface area contributed by atoms with Gasteiger partial charge in [-0.05, 0) is 30.3 Å². The van der Waals surface area contributed by atoms with Gasteiger partial charge in [0.15, 0.2) is 0 Å². The molecule has 0 saturated heterocycles. The van der Waals surface area contributed by atoms with E-state index >= 15 is 0 Å². The van der Waals surface area contributed by atoms with Gasteiger partial charge in [0.2, 0.25) is 0 Å². The summed E-state index contributed by atoms with van der Waals surface area (Å²) in [5, 5.41) is 9.11. The fraction of sp³-hybridized carbons (Fsp3) is 0. The molecular weight excluding hydrogens is 257 g/mol. The van der Waals surface area contributed by atoms with Gasteiger partial charge in [0.1, 0.15) is 5.82 Å². The summed E-state index contributed by atoms with van der Waals surface area (Å²) in [5.74, 6) is -0.584. The lowest BCUT2D eigenvalue weighted by Crippen LogP contribution is -2.23. The van der Waals surface area contributed by atoms with E-state index in [1.807, 2.05) is 0 Å². The lowest BCUT2D eigenvalue weighted by atomic mass is 10.2. The summed E-state index contributed by atoms with van der Waals surface area (Å²) in [6, 6.07) is 12.3. The van der Waals surface area contributed by atoms with Gasteiger partial charge in [-0.25, -0.2) is 14.1 Å². The minimum atomic E-state index is -1.16. The number of hydrogen-bond acceptors (Lipinski definition) is 1. The normalized spacial score (nSPS) is 10.1. The van der Waals surface area contributed by atoms with Crippen LogP contribution in [0.1, 0.15) is 0 Å². The van der Waals surface area contributed by atoms with Crippen molar-refractivity contribution in [2.45, 2.75) is 0 Å². The van der Waals surface area contributed by atoms with Crippen LogP contribution in [0.3, 0.4) is 0 Å². The van der Waals surface area contributed by atoms with Crippen molar-refractivity contribution in [1.29, 1.82) is 0 Å². The Hall–Kier alpha value is -2.07. The molecule has 0 aliphatic rings. The first-order chi connectivity index (χ1) is 8.59. The monoisotopic (exact) mass is 265 g/mol. The van der Waals surface area contributed by atoms with E-state index < -0.39 is 11.9 Å². The molecule has 0 heterocycles. The Morgan fingerprint density at radius 2 is 1.78 bits per heavy atom. The molecule has 0 radical (unpaired) electrons. The molecular formula is C13H9ClFNO2. The number of halogens is 2. The Balaban J connectivity index is 2.49. The van der Waals surface area contributed by atoms with Crippen LogP contribution >= 0.6 is 11.6 Å². The lowest BCUT2D eigenvalue weighted by molar-refractivity contribution is 0.205. The second kappa shape index (κ2) is 5.06. The van der Waals surface area contributed by atoms with E-state index in [-0.39, 0.29) is 5.02 Å². The predicted octanol–water partition coefficient (Wildman–Crippen LogP) is 4.30. The molecule has 2 aromatic carbocycles. The van der Waals surface area contributed by atoms with Crippen molar-refractivity contribution in [3.05, 3.63) is 59.4 Å². The Morgan fingerprint density at radius 1 is 1.11 bits per heavy atom. The Kier molecular flexibility index (Phi) is 3.48. The van der Waals surface area contributed by atoms with E-state index in [1.165, 1.54) is 12.1 Å². The second-order valence-electron chi connectivity index (χ2n) is 3.55. The molecule has 0 spiro atoms. The van der Waals surface area contributed by atoms with Gasteiger partial charge in [0.25, 0.3) is 0 Å². The molecule has 5 heteroatoms. The summed E-state index contributed by atoms with van der Waals surface area (Å²) >= 11 is 5.66. The number of carbonyl (C=O) groups is 1. The van der Waals surface area contributed by atoms with E-state index in [1.54, 1.807) is 30.3 Å². The van der Waals surface area contributed by atoms with Gasteiger partial charge in [-0.2, -0.15) is 0 Å². The van der Waals surface area contributed by atoms with E-state index in [9.17, 15) is 14.3 Å². The lowest BCUT2D eigenvalue weighted by Gasteiger charge is -2.19. The highest BCUT2D eigenvalue weighted by Crippen LogP contribution is 2.28. The maximum Gasteiger partial charge on any atom is 0.416 e. The first kappa shape index (κ1) is 12.4. The van der Waals surface area contributed by atoms with Crippen LogP contribution in [-0.2, 0) is 0 Å². The highest BCUT2D eigenvalue weighted by Gasteiger charge is 2.17. The molecule has 0 aliphatic heterocycles. The molecule has 0 fully saturated rings. The van der Waals surface area contributed by atoms with Crippen LogP contribution in [0.4, 0.5) is 20.6 Å². The predicted molar refractivity (Wildman–Crippen MR) is 68.0 cm³/mol. The largest absolute Gasteiger partial charge is 0.464 e. The minimum Gasteiger partial charge on any atom is -0.464 e. The Labute approximate surface area is 108 Å². The smallest absolute Gasteiger partial charge is 0.416 e. The minimum absolute atomic E-state index is 0.116. The molecule has 3 nitrogen and oxygen atoms in total. The number of hydrogen-bond donors (Lipinski definition) is 1. The van der Waals surface area contributed by atoms with Crippen LogP contribution < -0.4 is 4.90 Å². The maximum absolute atomic E-state index is 13.1. The second-order valence-corrected chi connectivity index (χ2v) is 3.96. The quantitative estimate of drug-likeness (QED) is 0.880. The highest BCUT2D eigenvalue weighted by atomic mass is 35.5. The van der Waals surface area contributed by atoms with Crippen molar-refractivity contribution in [3.8, 4) is 0 Å². The van der Waals surface area contributed by atoms with Crippen LogP contribution in [0, 0.1) is 5.82 Å². The SMILES string of the molecule is O=C(O)N(c1ccccc1)c1ccc(F)c(Cl)c1. The van der Waals surface area contributed by atoms with Crippen molar-refractivity contribution in [3.63, 3.8) is 0 Å². The molecule has 0 saturated carbocycles. The molecule has 0 unspecified atom stereocenters. The first-order valence-electron chi connectivity index (χ1n) is 5.13. The zero-order valence-electron chi connectivity index (χ0n) is 9.18. The molecule has 1 N–H and O–H groups in total. The zero-order chi connectivity index (χ0) is 13.1. The van der Waals surface area contributed by atoms with Gasteiger partial charge >= 0.3 is 6.09 Å². The van der Waals surface area contributed by atoms with Crippen molar-refractivity contribution < 1.29 is 14.3 Å². The number of para-hydroxylation sites is 1. The number of amides is 1. The fourth-order valence-electron chi connectivity index (χ4n) is 1.57. The average molecular weight is 266 g/mol. The van der Waals surface area contributed by atoms with Crippen LogP contribution in [-0.4, -0.2) is 11.2 Å². The van der Waals surface area contributed by atoms with Gasteiger partial charge in [-0.3, -0.25) is 0 Å². The molecule has 2 rings (SSSR count). The number of benzene rings is 2. The van der Waals surface area contributed by atoms with Gasteiger partial charge < -0.3 is 5.11 Å². The van der Waals surface area contributed by atoms with Gasteiger partial charge in [0, 0.05) is 0 Å².